The fourth-order valence-electron chi connectivity index (χ4n) is 2.10. The van der Waals surface area contributed by atoms with Gasteiger partial charge in [0.2, 0.25) is 0 Å². The van der Waals surface area contributed by atoms with E-state index in [1.54, 1.807) is 7.11 Å². The Bertz CT molecular complexity index is 363. The average Bonchev–Trinajstić information content (AvgIpc) is 2.39. The van der Waals surface area contributed by atoms with Crippen LogP contribution in [0.1, 0.15) is 5.56 Å². The number of halogens is 1. The maximum absolute atomic E-state index is 5.63. The van der Waals surface area contributed by atoms with E-state index in [0.717, 1.165) is 32.0 Å². The second kappa shape index (κ2) is 7.59. The lowest BCUT2D eigenvalue weighted by Gasteiger charge is -2.32. The molecule has 1 fully saturated rings. The fraction of sp³-hybridized carbons (Fsp3) is 0.538. The Morgan fingerprint density at radius 2 is 2.33 bits per heavy atom. The standard InChI is InChI=1S/C13H20N2O2.ClH/c1-16-12-4-2-3-11(7-12)9-15-5-6-17-13(8-14)10-15;/h2-4,7,13H,5-6,8-10,14H2,1H3;1H. The van der Waals surface area contributed by atoms with Gasteiger partial charge in [0.25, 0.3) is 0 Å². The fourth-order valence-corrected chi connectivity index (χ4v) is 2.10. The first kappa shape index (κ1) is 15.2. The summed E-state index contributed by atoms with van der Waals surface area (Å²) in [4.78, 5) is 2.37. The number of hydrogen-bond acceptors (Lipinski definition) is 4. The van der Waals surface area contributed by atoms with E-state index in [-0.39, 0.29) is 18.5 Å². The number of methoxy groups -OCH3 is 1. The molecule has 0 bridgehead atoms. The molecule has 1 aromatic rings. The molecule has 102 valence electrons. The molecule has 1 unspecified atom stereocenters. The lowest BCUT2D eigenvalue weighted by molar-refractivity contribution is -0.0260. The monoisotopic (exact) mass is 272 g/mol. The first-order valence-electron chi connectivity index (χ1n) is 5.99. The van der Waals surface area contributed by atoms with Crippen molar-refractivity contribution in [1.82, 2.24) is 4.90 Å². The number of benzene rings is 1. The van der Waals surface area contributed by atoms with Crippen LogP contribution < -0.4 is 10.5 Å². The Morgan fingerprint density at radius 3 is 3.06 bits per heavy atom. The van der Waals surface area contributed by atoms with E-state index in [2.05, 4.69) is 17.0 Å². The summed E-state index contributed by atoms with van der Waals surface area (Å²) in [5.74, 6) is 0.908. The molecule has 0 amide bonds. The van der Waals surface area contributed by atoms with Gasteiger partial charge in [0, 0.05) is 26.2 Å². The summed E-state index contributed by atoms with van der Waals surface area (Å²) in [6.45, 7) is 4.17. The minimum Gasteiger partial charge on any atom is -0.497 e. The second-order valence-electron chi connectivity index (χ2n) is 4.32. The number of rotatable bonds is 4. The quantitative estimate of drug-likeness (QED) is 0.897. The first-order chi connectivity index (χ1) is 8.31. The van der Waals surface area contributed by atoms with E-state index in [1.807, 2.05) is 12.1 Å². The minimum atomic E-state index is 0. The summed E-state index contributed by atoms with van der Waals surface area (Å²) in [7, 11) is 1.69. The van der Waals surface area contributed by atoms with E-state index in [9.17, 15) is 0 Å². The molecular formula is C13H21ClN2O2. The van der Waals surface area contributed by atoms with Crippen LogP contribution in [0.25, 0.3) is 0 Å². The van der Waals surface area contributed by atoms with Gasteiger partial charge in [-0.05, 0) is 17.7 Å². The molecule has 0 spiro atoms. The molecule has 2 N–H and O–H groups in total. The molecular weight excluding hydrogens is 252 g/mol. The zero-order valence-corrected chi connectivity index (χ0v) is 11.5. The van der Waals surface area contributed by atoms with Gasteiger partial charge in [-0.1, -0.05) is 12.1 Å². The van der Waals surface area contributed by atoms with Crippen LogP contribution in [0.5, 0.6) is 5.75 Å². The van der Waals surface area contributed by atoms with Crippen molar-refractivity contribution in [3.63, 3.8) is 0 Å². The Kier molecular flexibility index (Phi) is 6.43. The molecule has 2 rings (SSSR count). The molecule has 0 aliphatic carbocycles. The van der Waals surface area contributed by atoms with Gasteiger partial charge in [-0.15, -0.1) is 12.4 Å². The van der Waals surface area contributed by atoms with Gasteiger partial charge in [0.15, 0.2) is 0 Å². The number of nitrogens with zero attached hydrogens (tertiary/aromatic N) is 1. The van der Waals surface area contributed by atoms with E-state index in [4.69, 9.17) is 15.2 Å². The zero-order chi connectivity index (χ0) is 12.1. The summed E-state index contributed by atoms with van der Waals surface area (Å²) < 4.78 is 10.8. The van der Waals surface area contributed by atoms with E-state index < -0.39 is 0 Å². The van der Waals surface area contributed by atoms with Gasteiger partial charge < -0.3 is 15.2 Å². The number of morpholine rings is 1. The zero-order valence-electron chi connectivity index (χ0n) is 10.7. The highest BCUT2D eigenvalue weighted by Gasteiger charge is 2.19. The van der Waals surface area contributed by atoms with Crippen molar-refractivity contribution in [2.45, 2.75) is 12.6 Å². The summed E-state index contributed by atoms with van der Waals surface area (Å²) in [6, 6.07) is 8.18. The van der Waals surface area contributed by atoms with Crippen LogP contribution >= 0.6 is 12.4 Å². The van der Waals surface area contributed by atoms with E-state index >= 15 is 0 Å². The third-order valence-electron chi connectivity index (χ3n) is 3.03. The van der Waals surface area contributed by atoms with Crippen molar-refractivity contribution in [1.29, 1.82) is 0 Å². The third-order valence-corrected chi connectivity index (χ3v) is 3.03. The minimum absolute atomic E-state index is 0. The Labute approximate surface area is 114 Å². The Morgan fingerprint density at radius 1 is 1.50 bits per heavy atom. The molecule has 1 saturated heterocycles. The van der Waals surface area contributed by atoms with Crippen LogP contribution in [-0.2, 0) is 11.3 Å². The normalized spacial score (nSPS) is 20.2. The maximum atomic E-state index is 5.63. The molecule has 5 heteroatoms. The molecule has 1 heterocycles. The summed E-state index contributed by atoms with van der Waals surface area (Å²) in [5.41, 5.74) is 6.90. The number of nitrogens with two attached hydrogens (primary N) is 1. The lowest BCUT2D eigenvalue weighted by atomic mass is 10.2. The largest absolute Gasteiger partial charge is 0.497 e. The number of hydrogen-bond donors (Lipinski definition) is 1. The third kappa shape index (κ3) is 4.14. The first-order valence-corrected chi connectivity index (χ1v) is 5.99. The molecule has 0 saturated carbocycles. The highest BCUT2D eigenvalue weighted by atomic mass is 35.5. The average molecular weight is 273 g/mol. The molecule has 0 radical (unpaired) electrons. The van der Waals surface area contributed by atoms with Gasteiger partial charge >= 0.3 is 0 Å². The number of ether oxygens (including phenoxy) is 2. The van der Waals surface area contributed by atoms with Gasteiger partial charge in [-0.2, -0.15) is 0 Å². The van der Waals surface area contributed by atoms with Crippen LogP contribution in [0.3, 0.4) is 0 Å². The smallest absolute Gasteiger partial charge is 0.119 e. The van der Waals surface area contributed by atoms with Gasteiger partial charge in [-0.3, -0.25) is 4.90 Å². The molecule has 1 aromatic carbocycles. The van der Waals surface area contributed by atoms with Crippen LogP contribution in [0.2, 0.25) is 0 Å². The van der Waals surface area contributed by atoms with Crippen LogP contribution in [0, 0.1) is 0 Å². The van der Waals surface area contributed by atoms with Crippen molar-refractivity contribution in [3.8, 4) is 5.75 Å². The Balaban J connectivity index is 0.00000162. The summed E-state index contributed by atoms with van der Waals surface area (Å²) in [5, 5.41) is 0. The van der Waals surface area contributed by atoms with Crippen molar-refractivity contribution in [3.05, 3.63) is 29.8 Å². The molecule has 0 aromatic heterocycles. The Hall–Kier alpha value is -0.810. The maximum Gasteiger partial charge on any atom is 0.119 e. The molecule has 1 aliphatic heterocycles. The van der Waals surface area contributed by atoms with Crippen LogP contribution in [0.15, 0.2) is 24.3 Å². The molecule has 18 heavy (non-hydrogen) atoms. The predicted octanol–water partition coefficient (Wildman–Crippen LogP) is 1.28. The van der Waals surface area contributed by atoms with Crippen molar-refractivity contribution in [2.75, 3.05) is 33.4 Å². The predicted molar refractivity (Wildman–Crippen MR) is 74.3 cm³/mol. The van der Waals surface area contributed by atoms with Crippen molar-refractivity contribution < 1.29 is 9.47 Å². The van der Waals surface area contributed by atoms with E-state index in [1.165, 1.54) is 5.56 Å². The molecule has 1 atom stereocenters. The van der Waals surface area contributed by atoms with Crippen LogP contribution in [0.4, 0.5) is 0 Å². The van der Waals surface area contributed by atoms with Crippen molar-refractivity contribution >= 4 is 12.4 Å². The SMILES string of the molecule is COc1cccc(CN2CCOC(CN)C2)c1.Cl. The molecule has 1 aliphatic rings. The molecule has 4 nitrogen and oxygen atoms in total. The highest BCUT2D eigenvalue weighted by molar-refractivity contribution is 5.85. The van der Waals surface area contributed by atoms with E-state index in [0.29, 0.717) is 6.54 Å². The van der Waals surface area contributed by atoms with Crippen LogP contribution in [-0.4, -0.2) is 44.4 Å². The summed E-state index contributed by atoms with van der Waals surface area (Å²) in [6.07, 6.45) is 0.175. The topological polar surface area (TPSA) is 47.7 Å². The lowest BCUT2D eigenvalue weighted by Crippen LogP contribution is -2.45. The van der Waals surface area contributed by atoms with Gasteiger partial charge in [-0.25, -0.2) is 0 Å². The van der Waals surface area contributed by atoms with Gasteiger partial charge in [0.05, 0.1) is 19.8 Å². The van der Waals surface area contributed by atoms with Gasteiger partial charge in [0.1, 0.15) is 5.75 Å². The second-order valence-corrected chi connectivity index (χ2v) is 4.32. The highest BCUT2D eigenvalue weighted by Crippen LogP contribution is 2.15. The summed E-state index contributed by atoms with van der Waals surface area (Å²) >= 11 is 0. The van der Waals surface area contributed by atoms with Crippen molar-refractivity contribution in [2.24, 2.45) is 5.73 Å².